The standard InChI is InChI=1S/C27H27N5O2/c33-25(20-9-10-20)31-14-11-17(15-31)16-32-24(28-27(12-13-27)26(32)34)19-7-5-18(6-8-19)23-21-3-1-2-4-22(21)29-30-23/h1-8,17,20H,9-16H2,(H,29,30). The van der Waals surface area contributed by atoms with Crippen LogP contribution in [0.5, 0.6) is 0 Å². The number of fused-ring (bicyclic) bond motifs is 1. The van der Waals surface area contributed by atoms with Crippen LogP contribution in [0.15, 0.2) is 53.5 Å². The monoisotopic (exact) mass is 453 g/mol. The molecular formula is C27H27N5O2. The van der Waals surface area contributed by atoms with Crippen LogP contribution >= 0.6 is 0 Å². The number of benzene rings is 2. The molecule has 3 fully saturated rings. The molecule has 3 heterocycles. The number of likely N-dealkylation sites (tertiary alicyclic amines) is 1. The highest BCUT2D eigenvalue weighted by Crippen LogP contribution is 2.46. The molecule has 0 bridgehead atoms. The van der Waals surface area contributed by atoms with Gasteiger partial charge in [-0.05, 0) is 44.1 Å². The Morgan fingerprint density at radius 1 is 1.03 bits per heavy atom. The summed E-state index contributed by atoms with van der Waals surface area (Å²) in [6, 6.07) is 16.3. The van der Waals surface area contributed by atoms with Gasteiger partial charge < -0.3 is 4.90 Å². The Kier molecular flexibility index (Phi) is 4.26. The number of aromatic amines is 1. The van der Waals surface area contributed by atoms with Crippen LogP contribution in [0.1, 0.15) is 37.7 Å². The first-order chi connectivity index (χ1) is 16.6. The summed E-state index contributed by atoms with van der Waals surface area (Å²) in [4.78, 5) is 34.6. The van der Waals surface area contributed by atoms with Crippen LogP contribution < -0.4 is 0 Å². The average molecular weight is 454 g/mol. The summed E-state index contributed by atoms with van der Waals surface area (Å²) in [6.07, 6.45) is 4.69. The Balaban J connectivity index is 1.13. The van der Waals surface area contributed by atoms with Gasteiger partial charge in [-0.25, -0.2) is 0 Å². The zero-order chi connectivity index (χ0) is 22.9. The van der Waals surface area contributed by atoms with Crippen molar-refractivity contribution in [1.29, 1.82) is 0 Å². The van der Waals surface area contributed by atoms with Crippen LogP contribution in [0.3, 0.4) is 0 Å². The highest BCUT2D eigenvalue weighted by Gasteiger charge is 2.57. The van der Waals surface area contributed by atoms with Gasteiger partial charge in [-0.2, -0.15) is 5.10 Å². The van der Waals surface area contributed by atoms with Gasteiger partial charge in [0, 0.05) is 42.1 Å². The molecule has 7 nitrogen and oxygen atoms in total. The number of nitrogens with one attached hydrogen (secondary N) is 1. The molecular weight excluding hydrogens is 426 g/mol. The third kappa shape index (κ3) is 3.17. The van der Waals surface area contributed by atoms with Crippen molar-refractivity contribution in [2.75, 3.05) is 19.6 Å². The predicted molar refractivity (Wildman–Crippen MR) is 129 cm³/mol. The van der Waals surface area contributed by atoms with E-state index in [4.69, 9.17) is 4.99 Å². The van der Waals surface area contributed by atoms with Gasteiger partial charge in [0.05, 0.1) is 11.2 Å². The highest BCUT2D eigenvalue weighted by atomic mass is 16.2. The lowest BCUT2D eigenvalue weighted by Gasteiger charge is -2.23. The molecule has 1 aromatic heterocycles. The molecule has 2 amide bonds. The number of hydrogen-bond acceptors (Lipinski definition) is 4. The van der Waals surface area contributed by atoms with Gasteiger partial charge in [-0.15, -0.1) is 0 Å². The Hall–Kier alpha value is -3.48. The van der Waals surface area contributed by atoms with Crippen LogP contribution in [-0.2, 0) is 9.59 Å². The van der Waals surface area contributed by atoms with Crippen molar-refractivity contribution in [3.63, 3.8) is 0 Å². The van der Waals surface area contributed by atoms with E-state index in [0.717, 1.165) is 78.8 Å². The van der Waals surface area contributed by atoms with E-state index in [-0.39, 0.29) is 11.8 Å². The maximum absolute atomic E-state index is 13.3. The summed E-state index contributed by atoms with van der Waals surface area (Å²) in [5.41, 5.74) is 3.40. The molecule has 1 unspecified atom stereocenters. The van der Waals surface area contributed by atoms with Gasteiger partial charge in [-0.3, -0.25) is 24.6 Å². The zero-order valence-electron chi connectivity index (χ0n) is 19.0. The van der Waals surface area contributed by atoms with Crippen molar-refractivity contribution >= 4 is 28.6 Å². The number of hydrogen-bond donors (Lipinski definition) is 1. The van der Waals surface area contributed by atoms with E-state index >= 15 is 0 Å². The van der Waals surface area contributed by atoms with Gasteiger partial charge in [0.25, 0.3) is 5.91 Å². The van der Waals surface area contributed by atoms with E-state index in [2.05, 4.69) is 40.5 Å². The molecule has 2 aromatic carbocycles. The number of amides is 2. The largest absolute Gasteiger partial charge is 0.342 e. The lowest BCUT2D eigenvalue weighted by molar-refractivity contribution is -0.131. The van der Waals surface area contributed by atoms with Crippen molar-refractivity contribution < 1.29 is 9.59 Å². The molecule has 7 rings (SSSR count). The molecule has 1 N–H and O–H groups in total. The molecule has 1 atom stereocenters. The second-order valence-corrected chi connectivity index (χ2v) is 10.3. The van der Waals surface area contributed by atoms with Crippen molar-refractivity contribution in [1.82, 2.24) is 20.0 Å². The molecule has 4 aliphatic rings. The summed E-state index contributed by atoms with van der Waals surface area (Å²) in [5.74, 6) is 1.79. The number of nitrogens with zero attached hydrogens (tertiary/aromatic N) is 4. The molecule has 172 valence electrons. The first kappa shape index (κ1) is 19.9. The first-order valence-corrected chi connectivity index (χ1v) is 12.4. The van der Waals surface area contributed by atoms with Gasteiger partial charge in [0.15, 0.2) is 0 Å². The number of carbonyl (C=O) groups excluding carboxylic acids is 2. The van der Waals surface area contributed by atoms with Crippen LogP contribution in [0.25, 0.3) is 22.2 Å². The molecule has 1 saturated heterocycles. The van der Waals surface area contributed by atoms with Gasteiger partial charge in [-0.1, -0.05) is 42.5 Å². The summed E-state index contributed by atoms with van der Waals surface area (Å²) >= 11 is 0. The maximum Gasteiger partial charge on any atom is 0.256 e. The molecule has 34 heavy (non-hydrogen) atoms. The smallest absolute Gasteiger partial charge is 0.256 e. The van der Waals surface area contributed by atoms with Crippen LogP contribution in [0.2, 0.25) is 0 Å². The fraction of sp³-hybridized carbons (Fsp3) is 0.407. The van der Waals surface area contributed by atoms with E-state index < -0.39 is 5.54 Å². The molecule has 2 aliphatic heterocycles. The fourth-order valence-electron chi connectivity index (χ4n) is 5.48. The molecule has 7 heteroatoms. The topological polar surface area (TPSA) is 81.7 Å². The van der Waals surface area contributed by atoms with Crippen LogP contribution in [0, 0.1) is 11.8 Å². The third-order valence-corrected chi connectivity index (χ3v) is 7.79. The predicted octanol–water partition coefficient (Wildman–Crippen LogP) is 3.61. The van der Waals surface area contributed by atoms with Gasteiger partial charge in [0.2, 0.25) is 5.91 Å². The Morgan fingerprint density at radius 2 is 1.79 bits per heavy atom. The number of rotatable bonds is 5. The zero-order valence-corrected chi connectivity index (χ0v) is 19.0. The Morgan fingerprint density at radius 3 is 2.56 bits per heavy atom. The molecule has 3 aromatic rings. The van der Waals surface area contributed by atoms with Crippen molar-refractivity contribution in [2.24, 2.45) is 16.8 Å². The normalized spacial score (nSPS) is 23.2. The van der Waals surface area contributed by atoms with Crippen molar-refractivity contribution in [3.05, 3.63) is 54.1 Å². The minimum atomic E-state index is -0.533. The van der Waals surface area contributed by atoms with Crippen LogP contribution in [0.4, 0.5) is 0 Å². The van der Waals surface area contributed by atoms with E-state index in [1.807, 2.05) is 28.0 Å². The molecule has 2 saturated carbocycles. The maximum atomic E-state index is 13.3. The second-order valence-electron chi connectivity index (χ2n) is 10.3. The third-order valence-electron chi connectivity index (χ3n) is 7.79. The summed E-state index contributed by atoms with van der Waals surface area (Å²) in [6.45, 7) is 2.20. The first-order valence-electron chi connectivity index (χ1n) is 12.4. The SMILES string of the molecule is O=C(C1CC1)N1CCC(CN2C(=O)C3(CC3)N=C2c2ccc(-c3n[nH]c4ccccc34)cc2)C1. The quantitative estimate of drug-likeness (QED) is 0.641. The Bertz CT molecular complexity index is 1330. The number of carbonyl (C=O) groups is 2. The van der Waals surface area contributed by atoms with Gasteiger partial charge >= 0.3 is 0 Å². The number of aliphatic imine (C=N–C) groups is 1. The summed E-state index contributed by atoms with van der Waals surface area (Å²) < 4.78 is 0. The van der Waals surface area contributed by atoms with E-state index in [0.29, 0.717) is 18.4 Å². The summed E-state index contributed by atoms with van der Waals surface area (Å²) in [7, 11) is 0. The second kappa shape index (κ2) is 7.26. The van der Waals surface area contributed by atoms with E-state index in [1.54, 1.807) is 0 Å². The Labute approximate surface area is 197 Å². The van der Waals surface area contributed by atoms with E-state index in [9.17, 15) is 9.59 Å². The number of para-hydroxylation sites is 1. The highest BCUT2D eigenvalue weighted by molar-refractivity contribution is 6.16. The fourth-order valence-corrected chi connectivity index (χ4v) is 5.48. The summed E-state index contributed by atoms with van der Waals surface area (Å²) in [5, 5.41) is 8.70. The van der Waals surface area contributed by atoms with Crippen molar-refractivity contribution in [2.45, 2.75) is 37.6 Å². The van der Waals surface area contributed by atoms with Gasteiger partial charge in [0.1, 0.15) is 11.4 Å². The number of aromatic nitrogens is 2. The lowest BCUT2D eigenvalue weighted by atomic mass is 10.0. The van der Waals surface area contributed by atoms with Crippen LogP contribution in [-0.4, -0.2) is 62.8 Å². The van der Waals surface area contributed by atoms with Crippen molar-refractivity contribution in [3.8, 4) is 11.3 Å². The molecule has 1 spiro atoms. The number of H-pyrrole nitrogens is 1. The molecule has 2 aliphatic carbocycles. The number of amidine groups is 1. The lowest BCUT2D eigenvalue weighted by Crippen LogP contribution is -2.40. The molecule has 0 radical (unpaired) electrons. The average Bonchev–Trinajstić information content (AvgIpc) is 3.75. The minimum Gasteiger partial charge on any atom is -0.342 e. The minimum absolute atomic E-state index is 0.136. The van der Waals surface area contributed by atoms with E-state index in [1.165, 1.54) is 0 Å².